The smallest absolute Gasteiger partial charge is 0.253 e. The predicted molar refractivity (Wildman–Crippen MR) is 158 cm³/mol. The van der Waals surface area contributed by atoms with E-state index in [0.29, 0.717) is 27.5 Å². The van der Waals surface area contributed by atoms with E-state index in [1.165, 1.54) is 6.92 Å². The van der Waals surface area contributed by atoms with Gasteiger partial charge in [-0.3, -0.25) is 14.6 Å². The van der Waals surface area contributed by atoms with Gasteiger partial charge in [0.25, 0.3) is 5.56 Å². The maximum atomic E-state index is 13.6. The molecule has 2 N–H and O–H groups in total. The number of carbonyl (C=O) groups is 1. The number of carbonyl (C=O) groups excluding carboxylic acids is 1. The van der Waals surface area contributed by atoms with Gasteiger partial charge in [-0.2, -0.15) is 0 Å². The minimum atomic E-state index is -0.392. The van der Waals surface area contributed by atoms with Crippen LogP contribution in [0.25, 0.3) is 33.2 Å². The highest BCUT2D eigenvalue weighted by Gasteiger charge is 2.38. The van der Waals surface area contributed by atoms with Crippen molar-refractivity contribution in [2.75, 3.05) is 0 Å². The number of fused-ring (bicyclic) bond motifs is 1. The van der Waals surface area contributed by atoms with Crippen LogP contribution in [-0.4, -0.2) is 15.9 Å². The number of H-pyrrole nitrogens is 1. The molecule has 0 aliphatic carbocycles. The lowest BCUT2D eigenvalue weighted by Crippen LogP contribution is -2.38. The largest absolute Gasteiger partial charge is 0.322 e. The van der Waals surface area contributed by atoms with Crippen LogP contribution in [0.5, 0.6) is 0 Å². The molecule has 194 valence electrons. The number of benzene rings is 4. The van der Waals surface area contributed by atoms with Gasteiger partial charge in [0.1, 0.15) is 0 Å². The first-order chi connectivity index (χ1) is 18.9. The van der Waals surface area contributed by atoms with Crippen LogP contribution in [0, 0.1) is 0 Å². The van der Waals surface area contributed by atoms with Crippen LogP contribution >= 0.6 is 23.2 Å². The van der Waals surface area contributed by atoms with Gasteiger partial charge in [-0.1, -0.05) is 89.9 Å². The molecule has 2 unspecified atom stereocenters. The molecular weight excluding hydrogens is 529 g/mol. The molecule has 0 bridgehead atoms. The van der Waals surface area contributed by atoms with Crippen molar-refractivity contribution in [1.29, 1.82) is 0 Å². The Bertz CT molecular complexity index is 1730. The number of amides is 1. The van der Waals surface area contributed by atoms with Gasteiger partial charge in [0, 0.05) is 39.0 Å². The zero-order valence-corrected chi connectivity index (χ0v) is 22.6. The molecule has 7 heteroatoms. The van der Waals surface area contributed by atoms with E-state index in [-0.39, 0.29) is 17.5 Å². The number of aromatic nitrogens is 1. The van der Waals surface area contributed by atoms with E-state index in [1.54, 1.807) is 11.1 Å². The van der Waals surface area contributed by atoms with E-state index in [4.69, 9.17) is 23.2 Å². The highest BCUT2D eigenvalue weighted by atomic mass is 35.5. The lowest BCUT2D eigenvalue weighted by atomic mass is 9.89. The normalized spacial score (nSPS) is 17.1. The van der Waals surface area contributed by atoms with Crippen molar-refractivity contribution in [3.05, 3.63) is 129 Å². The molecule has 2 atom stereocenters. The number of rotatable bonds is 4. The van der Waals surface area contributed by atoms with Crippen molar-refractivity contribution in [3.8, 4) is 22.3 Å². The Kier molecular flexibility index (Phi) is 6.73. The van der Waals surface area contributed by atoms with Crippen LogP contribution < -0.4 is 11.0 Å². The summed E-state index contributed by atoms with van der Waals surface area (Å²) in [5.41, 5.74) is 9.29. The Morgan fingerprint density at radius 1 is 0.821 bits per heavy atom. The Morgan fingerprint density at radius 3 is 2.13 bits per heavy atom. The van der Waals surface area contributed by atoms with E-state index < -0.39 is 6.04 Å². The third-order valence-electron chi connectivity index (χ3n) is 7.30. The van der Waals surface area contributed by atoms with E-state index in [0.717, 1.165) is 33.2 Å². The first kappa shape index (κ1) is 25.4. The van der Waals surface area contributed by atoms with Crippen LogP contribution in [0.2, 0.25) is 10.0 Å². The second-order valence-corrected chi connectivity index (χ2v) is 10.6. The summed E-state index contributed by atoms with van der Waals surface area (Å²) in [6.07, 6.45) is 0.537. The van der Waals surface area contributed by atoms with E-state index >= 15 is 0 Å². The third-order valence-corrected chi connectivity index (χ3v) is 7.79. The number of hydrogen-bond donors (Lipinski definition) is 2. The van der Waals surface area contributed by atoms with Crippen LogP contribution in [0.15, 0.2) is 102 Å². The second kappa shape index (κ2) is 10.3. The Balaban J connectivity index is 1.43. The van der Waals surface area contributed by atoms with Crippen molar-refractivity contribution < 1.29 is 4.79 Å². The lowest BCUT2D eigenvalue weighted by molar-refractivity contribution is -0.132. The van der Waals surface area contributed by atoms with Crippen LogP contribution in [0.3, 0.4) is 0 Å². The maximum Gasteiger partial charge on any atom is 0.253 e. The fourth-order valence-electron chi connectivity index (χ4n) is 5.49. The minimum absolute atomic E-state index is 0.120. The standard InChI is InChI=1S/C32H25Cl2N3O2/c1-19(38)37-29(22-9-7-20(8-10-22)21-11-13-24(33)14-12-21)18-28(36-37)31-30(23-5-3-2-4-6-23)26-17-25(34)15-16-27(26)35-32(31)39/h2-17,28-29,36H,18H2,1H3,(H,35,39). The van der Waals surface area contributed by atoms with Gasteiger partial charge in [0.15, 0.2) is 0 Å². The number of nitrogens with one attached hydrogen (secondary N) is 2. The van der Waals surface area contributed by atoms with E-state index in [9.17, 15) is 9.59 Å². The van der Waals surface area contributed by atoms with Gasteiger partial charge in [-0.25, -0.2) is 5.43 Å². The number of hydrogen-bond acceptors (Lipinski definition) is 3. The number of pyridine rings is 1. The number of hydrazine groups is 1. The maximum absolute atomic E-state index is 13.6. The molecule has 1 saturated heterocycles. The Hall–Kier alpha value is -3.90. The number of halogens is 2. The number of nitrogens with zero attached hydrogens (tertiary/aromatic N) is 1. The van der Waals surface area contributed by atoms with Gasteiger partial charge in [0.05, 0.1) is 12.1 Å². The lowest BCUT2D eigenvalue weighted by Gasteiger charge is -2.23. The van der Waals surface area contributed by atoms with Gasteiger partial charge in [-0.15, -0.1) is 0 Å². The van der Waals surface area contributed by atoms with Crippen molar-refractivity contribution >= 4 is 40.0 Å². The van der Waals surface area contributed by atoms with Gasteiger partial charge >= 0.3 is 0 Å². The first-order valence-electron chi connectivity index (χ1n) is 12.7. The molecule has 6 rings (SSSR count). The molecule has 5 aromatic rings. The van der Waals surface area contributed by atoms with Crippen LogP contribution in [0.4, 0.5) is 0 Å². The monoisotopic (exact) mass is 553 g/mol. The molecule has 5 nitrogen and oxygen atoms in total. The topological polar surface area (TPSA) is 65.2 Å². The summed E-state index contributed by atoms with van der Waals surface area (Å²) in [5, 5.41) is 3.77. The fourth-order valence-corrected chi connectivity index (χ4v) is 5.78. The zero-order chi connectivity index (χ0) is 27.1. The van der Waals surface area contributed by atoms with Gasteiger partial charge in [0.2, 0.25) is 5.91 Å². The quantitative estimate of drug-likeness (QED) is 0.239. The van der Waals surface area contributed by atoms with Gasteiger partial charge < -0.3 is 4.98 Å². The molecule has 0 spiro atoms. The number of aromatic amines is 1. The summed E-state index contributed by atoms with van der Waals surface area (Å²) in [6, 6.07) is 30.5. The average Bonchev–Trinajstić information content (AvgIpc) is 3.39. The summed E-state index contributed by atoms with van der Waals surface area (Å²) < 4.78 is 0. The summed E-state index contributed by atoms with van der Waals surface area (Å²) in [6.45, 7) is 1.53. The first-order valence-corrected chi connectivity index (χ1v) is 13.5. The Morgan fingerprint density at radius 2 is 1.46 bits per heavy atom. The van der Waals surface area contributed by atoms with Crippen molar-refractivity contribution in [2.24, 2.45) is 0 Å². The molecule has 1 fully saturated rings. The Labute approximate surface area is 236 Å². The molecule has 0 saturated carbocycles. The molecular formula is C32H25Cl2N3O2. The average molecular weight is 554 g/mol. The summed E-state index contributed by atoms with van der Waals surface area (Å²) in [7, 11) is 0. The summed E-state index contributed by atoms with van der Waals surface area (Å²) in [5.74, 6) is -0.120. The highest BCUT2D eigenvalue weighted by Crippen LogP contribution is 2.41. The van der Waals surface area contributed by atoms with E-state index in [1.807, 2.05) is 91.0 Å². The molecule has 1 amide bonds. The van der Waals surface area contributed by atoms with Crippen LogP contribution in [0.1, 0.15) is 36.6 Å². The molecule has 1 aromatic heterocycles. The van der Waals surface area contributed by atoms with Crippen LogP contribution in [-0.2, 0) is 4.79 Å². The second-order valence-electron chi connectivity index (χ2n) is 9.75. The SMILES string of the molecule is CC(=O)N1NC(c2c(-c3ccccc3)c3cc(Cl)ccc3[nH]c2=O)CC1c1ccc(-c2ccc(Cl)cc2)cc1. The van der Waals surface area contributed by atoms with E-state index in [2.05, 4.69) is 10.4 Å². The molecule has 1 aliphatic rings. The summed E-state index contributed by atoms with van der Waals surface area (Å²) >= 11 is 12.4. The zero-order valence-electron chi connectivity index (χ0n) is 21.1. The molecule has 39 heavy (non-hydrogen) atoms. The molecule has 4 aromatic carbocycles. The fraction of sp³-hybridized carbons (Fsp3) is 0.125. The molecule has 1 aliphatic heterocycles. The van der Waals surface area contributed by atoms with Gasteiger partial charge in [-0.05, 0) is 59.0 Å². The van der Waals surface area contributed by atoms with Crippen molar-refractivity contribution in [1.82, 2.24) is 15.4 Å². The van der Waals surface area contributed by atoms with Crippen molar-refractivity contribution in [2.45, 2.75) is 25.4 Å². The highest BCUT2D eigenvalue weighted by molar-refractivity contribution is 6.31. The predicted octanol–water partition coefficient (Wildman–Crippen LogP) is 7.71. The summed E-state index contributed by atoms with van der Waals surface area (Å²) in [4.78, 5) is 29.4. The molecule has 0 radical (unpaired) electrons. The minimum Gasteiger partial charge on any atom is -0.322 e. The third kappa shape index (κ3) is 4.85. The molecule has 2 heterocycles. The van der Waals surface area contributed by atoms with Crippen molar-refractivity contribution in [3.63, 3.8) is 0 Å².